The Kier molecular flexibility index (Phi) is 4.59. The van der Waals surface area contributed by atoms with Gasteiger partial charge in [0, 0.05) is 36.1 Å². The smallest absolute Gasteiger partial charge is 0.306 e. The Hall–Kier alpha value is -1.66. The van der Waals surface area contributed by atoms with Crippen molar-refractivity contribution in [3.8, 4) is 0 Å². The molecule has 7 heteroatoms. The highest BCUT2D eigenvalue weighted by Gasteiger charge is 2.26. The lowest BCUT2D eigenvalue weighted by Crippen LogP contribution is -2.36. The first-order valence-electron chi connectivity index (χ1n) is 7.16. The van der Waals surface area contributed by atoms with E-state index in [2.05, 4.69) is 14.3 Å². The summed E-state index contributed by atoms with van der Waals surface area (Å²) < 4.78 is 4.40. The summed E-state index contributed by atoms with van der Waals surface area (Å²) in [6.07, 6.45) is 2.02. The number of hydrogen-bond donors (Lipinski definition) is 1. The second kappa shape index (κ2) is 6.62. The number of rotatable bonds is 4. The molecule has 22 heavy (non-hydrogen) atoms. The molecule has 0 amide bonds. The van der Waals surface area contributed by atoms with Crippen LogP contribution < -0.4 is 4.90 Å². The average Bonchev–Trinajstić information content (AvgIpc) is 2.98. The van der Waals surface area contributed by atoms with Gasteiger partial charge in [0.1, 0.15) is 5.82 Å². The molecule has 2 heterocycles. The van der Waals surface area contributed by atoms with E-state index >= 15 is 0 Å². The number of piperidine rings is 1. The second-order valence-corrected chi connectivity index (χ2v) is 6.56. The van der Waals surface area contributed by atoms with Gasteiger partial charge in [-0.2, -0.15) is 4.37 Å². The van der Waals surface area contributed by atoms with Crippen LogP contribution in [0.3, 0.4) is 0 Å². The van der Waals surface area contributed by atoms with Crippen LogP contribution in [-0.2, 0) is 11.2 Å². The molecule has 0 spiro atoms. The molecule has 0 atom stereocenters. The first kappa shape index (κ1) is 15.2. The van der Waals surface area contributed by atoms with Crippen LogP contribution in [0.15, 0.2) is 24.3 Å². The van der Waals surface area contributed by atoms with Gasteiger partial charge in [-0.25, -0.2) is 4.98 Å². The van der Waals surface area contributed by atoms with Gasteiger partial charge in [0.25, 0.3) is 0 Å². The lowest BCUT2D eigenvalue weighted by molar-refractivity contribution is -0.142. The number of aromatic nitrogens is 2. The molecule has 0 bridgehead atoms. The van der Waals surface area contributed by atoms with Gasteiger partial charge in [-0.15, -0.1) is 0 Å². The molecule has 2 aromatic rings. The van der Waals surface area contributed by atoms with Crippen molar-refractivity contribution in [3.05, 3.63) is 40.7 Å². The Morgan fingerprint density at radius 2 is 2.00 bits per heavy atom. The number of carbonyl (C=O) groups is 1. The maximum Gasteiger partial charge on any atom is 0.306 e. The largest absolute Gasteiger partial charge is 0.481 e. The number of anilines is 1. The van der Waals surface area contributed by atoms with Gasteiger partial charge >= 0.3 is 5.97 Å². The van der Waals surface area contributed by atoms with Crippen molar-refractivity contribution in [2.45, 2.75) is 19.3 Å². The van der Waals surface area contributed by atoms with Crippen molar-refractivity contribution >= 4 is 34.2 Å². The van der Waals surface area contributed by atoms with E-state index in [0.717, 1.165) is 34.6 Å². The summed E-state index contributed by atoms with van der Waals surface area (Å²) in [5.74, 6) is -0.124. The van der Waals surface area contributed by atoms with Gasteiger partial charge in [0.05, 0.1) is 5.92 Å². The van der Waals surface area contributed by atoms with Crippen molar-refractivity contribution in [2.24, 2.45) is 5.92 Å². The zero-order chi connectivity index (χ0) is 15.5. The monoisotopic (exact) mass is 337 g/mol. The zero-order valence-corrected chi connectivity index (χ0v) is 13.5. The predicted molar refractivity (Wildman–Crippen MR) is 86.7 cm³/mol. The molecule has 1 aliphatic rings. The standard InChI is InChI=1S/C15H16ClN3O2S/c16-12-3-1-10(2-4-12)9-13-17-15(22-18-13)19-7-5-11(6-8-19)14(20)21/h1-4,11H,5-9H2,(H,20,21). The summed E-state index contributed by atoms with van der Waals surface area (Å²) in [5.41, 5.74) is 1.12. The lowest BCUT2D eigenvalue weighted by atomic mass is 9.98. The second-order valence-electron chi connectivity index (χ2n) is 5.40. The first-order chi connectivity index (χ1) is 10.6. The van der Waals surface area contributed by atoms with Gasteiger partial charge < -0.3 is 10.0 Å². The zero-order valence-electron chi connectivity index (χ0n) is 11.9. The first-order valence-corrected chi connectivity index (χ1v) is 8.32. The summed E-state index contributed by atoms with van der Waals surface area (Å²) in [5, 5.41) is 10.6. The van der Waals surface area contributed by atoms with E-state index in [0.29, 0.717) is 19.3 Å². The van der Waals surface area contributed by atoms with Gasteiger partial charge in [-0.05, 0) is 30.5 Å². The van der Waals surface area contributed by atoms with Crippen LogP contribution in [0.25, 0.3) is 0 Å². The van der Waals surface area contributed by atoms with Crippen molar-refractivity contribution in [3.63, 3.8) is 0 Å². The van der Waals surface area contributed by atoms with E-state index in [4.69, 9.17) is 16.7 Å². The van der Waals surface area contributed by atoms with Gasteiger partial charge in [-0.1, -0.05) is 23.7 Å². The van der Waals surface area contributed by atoms with Crippen LogP contribution in [0.1, 0.15) is 24.2 Å². The minimum Gasteiger partial charge on any atom is -0.481 e. The molecule has 0 radical (unpaired) electrons. The van der Waals surface area contributed by atoms with Crippen molar-refractivity contribution in [2.75, 3.05) is 18.0 Å². The molecule has 0 saturated carbocycles. The fraction of sp³-hybridized carbons (Fsp3) is 0.400. The molecule has 1 aromatic carbocycles. The molecule has 5 nitrogen and oxygen atoms in total. The molecule has 0 unspecified atom stereocenters. The summed E-state index contributed by atoms with van der Waals surface area (Å²) >= 11 is 7.26. The molecule has 3 rings (SSSR count). The fourth-order valence-electron chi connectivity index (χ4n) is 2.55. The van der Waals surface area contributed by atoms with E-state index in [-0.39, 0.29) is 5.92 Å². The van der Waals surface area contributed by atoms with Gasteiger partial charge in [0.15, 0.2) is 0 Å². The summed E-state index contributed by atoms with van der Waals surface area (Å²) in [4.78, 5) is 17.7. The number of halogens is 1. The summed E-state index contributed by atoms with van der Waals surface area (Å²) in [6, 6.07) is 7.67. The van der Waals surface area contributed by atoms with E-state index < -0.39 is 5.97 Å². The Morgan fingerprint density at radius 3 is 2.64 bits per heavy atom. The normalized spacial score (nSPS) is 16.0. The Morgan fingerprint density at radius 1 is 1.32 bits per heavy atom. The maximum atomic E-state index is 11.0. The molecular formula is C15H16ClN3O2S. The predicted octanol–water partition coefficient (Wildman–Crippen LogP) is 3.08. The van der Waals surface area contributed by atoms with Crippen LogP contribution >= 0.6 is 23.1 Å². The Labute approximate surface area is 137 Å². The highest BCUT2D eigenvalue weighted by molar-refractivity contribution is 7.09. The maximum absolute atomic E-state index is 11.0. The fourth-order valence-corrected chi connectivity index (χ4v) is 3.41. The van der Waals surface area contributed by atoms with Gasteiger partial charge in [-0.3, -0.25) is 4.79 Å². The number of benzene rings is 1. The minimum absolute atomic E-state index is 0.224. The lowest BCUT2D eigenvalue weighted by Gasteiger charge is -2.29. The van der Waals surface area contributed by atoms with Crippen LogP contribution in [0.4, 0.5) is 5.13 Å². The molecular weight excluding hydrogens is 322 g/mol. The SMILES string of the molecule is O=C(O)C1CCN(c2nc(Cc3ccc(Cl)cc3)ns2)CC1. The van der Waals surface area contributed by atoms with Gasteiger partial charge in [0.2, 0.25) is 5.13 Å². The van der Waals surface area contributed by atoms with E-state index in [1.807, 2.05) is 24.3 Å². The third kappa shape index (κ3) is 3.56. The molecule has 1 aliphatic heterocycles. The number of hydrogen-bond acceptors (Lipinski definition) is 5. The summed E-state index contributed by atoms with van der Waals surface area (Å²) in [7, 11) is 0. The Bertz CT molecular complexity index is 651. The molecule has 0 aliphatic carbocycles. The number of carboxylic acids is 1. The molecule has 1 fully saturated rings. The molecule has 1 saturated heterocycles. The molecule has 1 N–H and O–H groups in total. The van der Waals surface area contributed by atoms with E-state index in [1.165, 1.54) is 11.5 Å². The van der Waals surface area contributed by atoms with Crippen LogP contribution in [-0.4, -0.2) is 33.5 Å². The van der Waals surface area contributed by atoms with Crippen molar-refractivity contribution in [1.29, 1.82) is 0 Å². The number of nitrogens with zero attached hydrogens (tertiary/aromatic N) is 3. The van der Waals surface area contributed by atoms with Crippen molar-refractivity contribution < 1.29 is 9.90 Å². The minimum atomic E-state index is -0.694. The topological polar surface area (TPSA) is 66.3 Å². The summed E-state index contributed by atoms with van der Waals surface area (Å²) in [6.45, 7) is 1.46. The molecule has 1 aromatic heterocycles. The molecule has 116 valence electrons. The number of carboxylic acid groups (broad SMARTS) is 1. The average molecular weight is 338 g/mol. The van der Waals surface area contributed by atoms with Crippen LogP contribution in [0.2, 0.25) is 5.02 Å². The van der Waals surface area contributed by atoms with Crippen LogP contribution in [0, 0.1) is 5.92 Å². The quantitative estimate of drug-likeness (QED) is 0.928. The Balaban J connectivity index is 1.62. The number of aliphatic carboxylic acids is 1. The van der Waals surface area contributed by atoms with E-state index in [1.54, 1.807) is 0 Å². The van der Waals surface area contributed by atoms with Crippen molar-refractivity contribution in [1.82, 2.24) is 9.36 Å². The highest BCUT2D eigenvalue weighted by Crippen LogP contribution is 2.25. The van der Waals surface area contributed by atoms with E-state index in [9.17, 15) is 4.79 Å². The third-order valence-electron chi connectivity index (χ3n) is 3.85. The third-order valence-corrected chi connectivity index (χ3v) is 4.91. The van der Waals surface area contributed by atoms with Crippen LogP contribution in [0.5, 0.6) is 0 Å². The highest BCUT2D eigenvalue weighted by atomic mass is 35.5.